The molecular weight excluding hydrogens is 516 g/mol. The Morgan fingerprint density at radius 2 is 2.08 bits per heavy atom. The van der Waals surface area contributed by atoms with E-state index in [4.69, 9.17) is 9.47 Å². The van der Waals surface area contributed by atoms with Crippen LogP contribution < -0.4 is 10.1 Å². The largest absolute Gasteiger partial charge is 0.479 e. The average Bonchev–Trinajstić information content (AvgIpc) is 3.26. The second-order valence-corrected chi connectivity index (χ2v) is 9.93. The molecule has 0 unspecified atom stereocenters. The highest BCUT2D eigenvalue weighted by Crippen LogP contribution is 2.41. The zero-order valence-corrected chi connectivity index (χ0v) is 21.9. The summed E-state index contributed by atoms with van der Waals surface area (Å²) in [7, 11) is 3.04. The summed E-state index contributed by atoms with van der Waals surface area (Å²) in [5, 5.41) is 7.46. The number of aliphatic imine (C=N–C) groups is 1. The highest BCUT2D eigenvalue weighted by Gasteiger charge is 2.30. The average molecular weight is 549 g/mol. The summed E-state index contributed by atoms with van der Waals surface area (Å²) in [6.45, 7) is 2.16. The Morgan fingerprint density at radius 3 is 2.82 bits per heavy atom. The lowest BCUT2D eigenvalue weighted by atomic mass is 9.87. The smallest absolute Gasteiger partial charge is 0.244 e. The lowest BCUT2D eigenvalue weighted by Gasteiger charge is -2.34. The van der Waals surface area contributed by atoms with Gasteiger partial charge in [-0.2, -0.15) is 4.98 Å². The van der Waals surface area contributed by atoms with Crippen LogP contribution in [0.15, 0.2) is 29.4 Å². The number of hydrogen-bond donors (Lipinski definition) is 1. The van der Waals surface area contributed by atoms with E-state index in [0.717, 1.165) is 5.56 Å². The summed E-state index contributed by atoms with van der Waals surface area (Å²) < 4.78 is 68.1. The second-order valence-electron chi connectivity index (χ2n) is 9.93. The van der Waals surface area contributed by atoms with E-state index in [1.165, 1.54) is 17.8 Å². The van der Waals surface area contributed by atoms with Crippen molar-refractivity contribution in [3.8, 4) is 17.0 Å². The van der Waals surface area contributed by atoms with Gasteiger partial charge >= 0.3 is 0 Å². The maximum Gasteiger partial charge on any atom is 0.244 e. The maximum atomic E-state index is 15.4. The van der Waals surface area contributed by atoms with Crippen LogP contribution in [0.25, 0.3) is 16.6 Å². The molecule has 2 aromatic heterocycles. The van der Waals surface area contributed by atoms with Crippen molar-refractivity contribution in [2.24, 2.45) is 4.99 Å². The van der Waals surface area contributed by atoms with Gasteiger partial charge in [0.25, 0.3) is 0 Å². The minimum absolute atomic E-state index is 0.129. The van der Waals surface area contributed by atoms with Crippen LogP contribution in [0.5, 0.6) is 5.88 Å². The van der Waals surface area contributed by atoms with Gasteiger partial charge in [0.15, 0.2) is 5.82 Å². The Bertz CT molecular complexity index is 1330. The first-order chi connectivity index (χ1) is 18.9. The molecule has 0 amide bonds. The molecule has 210 valence electrons. The fraction of sp³-hybridized carbons (Fsp3) is 0.519. The third kappa shape index (κ3) is 5.86. The first-order valence-corrected chi connectivity index (χ1v) is 13.1. The number of piperidine rings is 1. The molecule has 0 radical (unpaired) electrons. The third-order valence-corrected chi connectivity index (χ3v) is 7.41. The Hall–Kier alpha value is -3.25. The molecule has 5 rings (SSSR count). The Kier molecular flexibility index (Phi) is 8.31. The Balaban J connectivity index is 1.43. The molecule has 3 aromatic rings. The van der Waals surface area contributed by atoms with Crippen molar-refractivity contribution in [3.05, 3.63) is 35.8 Å². The predicted octanol–water partition coefficient (Wildman–Crippen LogP) is 5.25. The number of methoxy groups -OCH3 is 2. The number of aromatic nitrogens is 3. The highest BCUT2D eigenvalue weighted by atomic mass is 19.3. The van der Waals surface area contributed by atoms with Gasteiger partial charge in [-0.25, -0.2) is 22.1 Å². The van der Waals surface area contributed by atoms with Gasteiger partial charge < -0.3 is 14.8 Å². The van der Waals surface area contributed by atoms with Crippen molar-refractivity contribution in [2.75, 3.05) is 45.8 Å². The first kappa shape index (κ1) is 27.3. The molecule has 8 nitrogen and oxygen atoms in total. The topological polar surface area (TPSA) is 76.3 Å². The first-order valence-electron chi connectivity index (χ1n) is 13.1. The van der Waals surface area contributed by atoms with Gasteiger partial charge in [-0.1, -0.05) is 6.07 Å². The van der Waals surface area contributed by atoms with Crippen LogP contribution in [-0.2, 0) is 4.74 Å². The summed E-state index contributed by atoms with van der Waals surface area (Å²) in [5.41, 5.74) is 2.59. The number of alkyl halides is 3. The summed E-state index contributed by atoms with van der Waals surface area (Å²) in [4.78, 5) is 10.8. The van der Waals surface area contributed by atoms with E-state index in [0.29, 0.717) is 55.7 Å². The van der Waals surface area contributed by atoms with Crippen LogP contribution in [0.1, 0.15) is 37.2 Å². The fourth-order valence-electron chi connectivity index (χ4n) is 5.38. The van der Waals surface area contributed by atoms with E-state index in [-0.39, 0.29) is 36.3 Å². The van der Waals surface area contributed by atoms with Crippen LogP contribution >= 0.6 is 0 Å². The zero-order chi connectivity index (χ0) is 27.5. The fourth-order valence-corrected chi connectivity index (χ4v) is 5.38. The van der Waals surface area contributed by atoms with Crippen molar-refractivity contribution in [1.29, 1.82) is 0 Å². The minimum atomic E-state index is -2.39. The molecule has 0 spiro atoms. The van der Waals surface area contributed by atoms with Crippen molar-refractivity contribution in [2.45, 2.75) is 50.2 Å². The summed E-state index contributed by atoms with van der Waals surface area (Å²) in [6, 6.07) is 4.80. The molecule has 4 heterocycles. The molecule has 2 aliphatic heterocycles. The predicted molar refractivity (Wildman–Crippen MR) is 141 cm³/mol. The normalized spacial score (nSPS) is 21.5. The van der Waals surface area contributed by atoms with Crippen molar-refractivity contribution < 1.29 is 27.0 Å². The molecule has 0 saturated carbocycles. The molecule has 1 saturated heterocycles. The van der Waals surface area contributed by atoms with Crippen LogP contribution in [0.3, 0.4) is 0 Å². The number of ether oxygens (including phenoxy) is 2. The van der Waals surface area contributed by atoms with Crippen LogP contribution in [0.2, 0.25) is 0 Å². The minimum Gasteiger partial charge on any atom is -0.479 e. The van der Waals surface area contributed by atoms with E-state index in [1.807, 2.05) is 4.90 Å². The SMILES string of the molecule is COCCN1CC[C@@H](Nc2nc(OC)c3c(-c4ccc5c(c4)[C@H](CCC(F)F)CC=N5)c(F)cn3n2)[C@H](F)C1. The Labute approximate surface area is 224 Å². The Morgan fingerprint density at radius 1 is 1.23 bits per heavy atom. The van der Waals surface area contributed by atoms with Gasteiger partial charge in [0.1, 0.15) is 11.7 Å². The van der Waals surface area contributed by atoms with Gasteiger partial charge in [0, 0.05) is 39.4 Å². The number of anilines is 1. The number of likely N-dealkylation sites (tertiary alicyclic amines) is 1. The molecule has 0 bridgehead atoms. The molecule has 1 N–H and O–H groups in total. The van der Waals surface area contributed by atoms with E-state index in [9.17, 15) is 13.2 Å². The second kappa shape index (κ2) is 11.9. The highest BCUT2D eigenvalue weighted by molar-refractivity contribution is 5.86. The van der Waals surface area contributed by atoms with Gasteiger partial charge in [-0.15, -0.1) is 5.10 Å². The number of benzene rings is 1. The number of rotatable bonds is 10. The molecular formula is C27H32F4N6O2. The number of nitrogens with one attached hydrogen (secondary N) is 1. The van der Waals surface area contributed by atoms with Crippen LogP contribution in [-0.4, -0.2) is 84.8 Å². The zero-order valence-electron chi connectivity index (χ0n) is 21.9. The number of hydrogen-bond acceptors (Lipinski definition) is 7. The van der Waals surface area contributed by atoms with Gasteiger partial charge in [-0.3, -0.25) is 9.89 Å². The monoisotopic (exact) mass is 548 g/mol. The molecule has 3 atom stereocenters. The molecule has 2 aliphatic rings. The molecule has 0 aliphatic carbocycles. The van der Waals surface area contributed by atoms with E-state index in [1.54, 1.807) is 31.5 Å². The lowest BCUT2D eigenvalue weighted by molar-refractivity contribution is 0.0918. The summed E-state index contributed by atoms with van der Waals surface area (Å²) in [5.74, 6) is -0.417. The van der Waals surface area contributed by atoms with Crippen LogP contribution in [0, 0.1) is 5.82 Å². The molecule has 39 heavy (non-hydrogen) atoms. The van der Waals surface area contributed by atoms with E-state index < -0.39 is 24.5 Å². The van der Waals surface area contributed by atoms with E-state index in [2.05, 4.69) is 20.4 Å². The summed E-state index contributed by atoms with van der Waals surface area (Å²) in [6.07, 6.45) is 0.623. The number of halogens is 4. The van der Waals surface area contributed by atoms with Gasteiger partial charge in [-0.05, 0) is 48.4 Å². The van der Waals surface area contributed by atoms with Crippen molar-refractivity contribution >= 4 is 23.4 Å². The number of fused-ring (bicyclic) bond motifs is 2. The molecule has 12 heteroatoms. The number of nitrogens with zero attached hydrogens (tertiary/aromatic N) is 5. The lowest BCUT2D eigenvalue weighted by Crippen LogP contribution is -2.48. The quantitative estimate of drug-likeness (QED) is 0.349. The molecule has 1 fully saturated rings. The summed E-state index contributed by atoms with van der Waals surface area (Å²) >= 11 is 0. The van der Waals surface area contributed by atoms with Gasteiger partial charge in [0.05, 0.1) is 37.2 Å². The van der Waals surface area contributed by atoms with E-state index >= 15 is 4.39 Å². The van der Waals surface area contributed by atoms with Crippen LogP contribution in [0.4, 0.5) is 29.2 Å². The van der Waals surface area contributed by atoms with Crippen molar-refractivity contribution in [1.82, 2.24) is 19.5 Å². The van der Waals surface area contributed by atoms with Crippen molar-refractivity contribution in [3.63, 3.8) is 0 Å². The third-order valence-electron chi connectivity index (χ3n) is 7.41. The maximum absolute atomic E-state index is 15.4. The standard InChI is InChI=1S/C27H32F4N6O2/c1-38-12-11-36-10-8-22(19(28)14-36)33-27-34-26(39-2)25-24(20(29)15-37(25)35-27)17-3-5-21-18(13-17)16(7-9-32-21)4-6-23(30)31/h3,5,9,13,15-16,19,22-23H,4,6-8,10-12,14H2,1-2H3,(H,33,35)/t16-,19-,22-/m1/s1. The molecule has 1 aromatic carbocycles. The van der Waals surface area contributed by atoms with Gasteiger partial charge in [0.2, 0.25) is 18.3 Å².